The number of rotatable bonds is 9. The minimum atomic E-state index is -0.221. The lowest BCUT2D eigenvalue weighted by atomic mass is 10.0. The Kier molecular flexibility index (Phi) is 8.05. The summed E-state index contributed by atoms with van der Waals surface area (Å²) in [6.45, 7) is 10.4. The number of amides is 1. The molecule has 1 aliphatic rings. The summed E-state index contributed by atoms with van der Waals surface area (Å²) in [5, 5.41) is 7.23. The van der Waals surface area contributed by atoms with Crippen molar-refractivity contribution in [2.45, 2.75) is 38.8 Å². The van der Waals surface area contributed by atoms with E-state index in [0.717, 1.165) is 42.7 Å². The van der Waals surface area contributed by atoms with Crippen molar-refractivity contribution in [2.75, 3.05) is 39.2 Å². The molecular formula is C24H33N5O3. The Bertz CT molecular complexity index is 981. The van der Waals surface area contributed by atoms with Crippen LogP contribution in [0.5, 0.6) is 11.5 Å². The average molecular weight is 440 g/mol. The summed E-state index contributed by atoms with van der Waals surface area (Å²) in [7, 11) is 3.23. The molecule has 0 saturated carbocycles. The number of methoxy groups -OCH3 is 2. The lowest BCUT2D eigenvalue weighted by molar-refractivity contribution is -0.116. The number of nitrogens with zero attached hydrogens (tertiary/aromatic N) is 3. The van der Waals surface area contributed by atoms with Gasteiger partial charge in [0.15, 0.2) is 17.3 Å². The van der Waals surface area contributed by atoms with Crippen molar-refractivity contribution in [1.82, 2.24) is 20.2 Å². The third kappa shape index (κ3) is 5.76. The van der Waals surface area contributed by atoms with Crippen LogP contribution in [0.2, 0.25) is 0 Å². The van der Waals surface area contributed by atoms with Gasteiger partial charge in [-0.3, -0.25) is 4.79 Å². The maximum absolute atomic E-state index is 11.3. The fraction of sp³-hybridized carbons (Fsp3) is 0.458. The largest absolute Gasteiger partial charge is 0.493 e. The van der Waals surface area contributed by atoms with Gasteiger partial charge in [0.05, 0.1) is 19.7 Å². The molecule has 3 rings (SSSR count). The van der Waals surface area contributed by atoms with Gasteiger partial charge in [-0.1, -0.05) is 12.7 Å². The zero-order valence-corrected chi connectivity index (χ0v) is 19.4. The van der Waals surface area contributed by atoms with Gasteiger partial charge in [0.2, 0.25) is 5.91 Å². The second-order valence-corrected chi connectivity index (χ2v) is 8.05. The second kappa shape index (κ2) is 10.9. The molecule has 1 aromatic heterocycles. The predicted octanol–water partition coefficient (Wildman–Crippen LogP) is 3.25. The first-order valence-electron chi connectivity index (χ1n) is 11.0. The highest BCUT2D eigenvalue weighted by molar-refractivity contribution is 5.92. The van der Waals surface area contributed by atoms with E-state index in [9.17, 15) is 4.79 Å². The van der Waals surface area contributed by atoms with E-state index in [0.29, 0.717) is 36.0 Å². The summed E-state index contributed by atoms with van der Waals surface area (Å²) < 4.78 is 11.0. The van der Waals surface area contributed by atoms with E-state index in [2.05, 4.69) is 40.9 Å². The lowest BCUT2D eigenvalue weighted by Crippen LogP contribution is -2.42. The van der Waals surface area contributed by atoms with Crippen molar-refractivity contribution >= 4 is 28.7 Å². The van der Waals surface area contributed by atoms with E-state index < -0.39 is 0 Å². The van der Waals surface area contributed by atoms with E-state index in [4.69, 9.17) is 14.5 Å². The smallest absolute Gasteiger partial charge is 0.243 e. The van der Waals surface area contributed by atoms with Gasteiger partial charge in [-0.05, 0) is 44.9 Å². The monoisotopic (exact) mass is 439 g/mol. The van der Waals surface area contributed by atoms with Crippen LogP contribution in [0.4, 0.5) is 5.82 Å². The normalized spacial score (nSPS) is 15.3. The number of anilines is 1. The third-order valence-electron chi connectivity index (χ3n) is 5.67. The predicted molar refractivity (Wildman–Crippen MR) is 128 cm³/mol. The highest BCUT2D eigenvalue weighted by Gasteiger charge is 2.22. The van der Waals surface area contributed by atoms with Crippen LogP contribution in [0.3, 0.4) is 0 Å². The topological polar surface area (TPSA) is 88.6 Å². The number of hydrogen-bond donors (Lipinski definition) is 2. The maximum Gasteiger partial charge on any atom is 0.243 e. The fourth-order valence-corrected chi connectivity index (χ4v) is 3.81. The van der Waals surface area contributed by atoms with Crippen LogP contribution in [-0.2, 0) is 4.79 Å². The molecule has 2 heterocycles. The van der Waals surface area contributed by atoms with E-state index in [-0.39, 0.29) is 5.91 Å². The SMILES string of the molecule is C=CC(=O)NC/C=C/c1nc(NC2CCN(C(C)C)CC2)c2cc(OC)c(OC)cc2n1. The maximum atomic E-state index is 11.3. The Balaban J connectivity index is 1.89. The molecule has 1 fully saturated rings. The van der Waals surface area contributed by atoms with Crippen molar-refractivity contribution in [3.63, 3.8) is 0 Å². The Hall–Kier alpha value is -3.13. The van der Waals surface area contributed by atoms with Gasteiger partial charge in [0, 0.05) is 43.2 Å². The number of aromatic nitrogens is 2. The van der Waals surface area contributed by atoms with Gasteiger partial charge in [-0.2, -0.15) is 0 Å². The molecule has 0 atom stereocenters. The van der Waals surface area contributed by atoms with Gasteiger partial charge in [-0.25, -0.2) is 9.97 Å². The molecule has 8 nitrogen and oxygen atoms in total. The van der Waals surface area contributed by atoms with Crippen LogP contribution < -0.4 is 20.1 Å². The highest BCUT2D eigenvalue weighted by Crippen LogP contribution is 2.34. The van der Waals surface area contributed by atoms with Gasteiger partial charge in [-0.15, -0.1) is 0 Å². The van der Waals surface area contributed by atoms with E-state index in [1.807, 2.05) is 18.2 Å². The molecule has 0 aliphatic carbocycles. The van der Waals surface area contributed by atoms with Crippen LogP contribution >= 0.6 is 0 Å². The van der Waals surface area contributed by atoms with Crippen LogP contribution in [0, 0.1) is 0 Å². The quantitative estimate of drug-likeness (QED) is 0.580. The Morgan fingerprint density at radius 2 is 1.91 bits per heavy atom. The van der Waals surface area contributed by atoms with Crippen molar-refractivity contribution < 1.29 is 14.3 Å². The van der Waals surface area contributed by atoms with Gasteiger partial charge in [0.1, 0.15) is 5.82 Å². The van der Waals surface area contributed by atoms with Gasteiger partial charge < -0.3 is 25.0 Å². The number of carbonyl (C=O) groups is 1. The lowest BCUT2D eigenvalue weighted by Gasteiger charge is -2.35. The number of carbonyl (C=O) groups excluding carboxylic acids is 1. The molecule has 32 heavy (non-hydrogen) atoms. The minimum absolute atomic E-state index is 0.221. The van der Waals surface area contributed by atoms with Crippen LogP contribution in [0.25, 0.3) is 17.0 Å². The van der Waals surface area contributed by atoms with Crippen LogP contribution in [-0.4, -0.2) is 66.7 Å². The number of fused-ring (bicyclic) bond motifs is 1. The first-order chi connectivity index (χ1) is 15.4. The van der Waals surface area contributed by atoms with Crippen molar-refractivity contribution in [1.29, 1.82) is 0 Å². The first-order valence-corrected chi connectivity index (χ1v) is 11.0. The number of ether oxygens (including phenoxy) is 2. The molecule has 172 valence electrons. The molecule has 1 aliphatic heterocycles. The number of hydrogen-bond acceptors (Lipinski definition) is 7. The van der Waals surface area contributed by atoms with E-state index >= 15 is 0 Å². The van der Waals surface area contributed by atoms with Gasteiger partial charge in [0.25, 0.3) is 0 Å². The molecular weight excluding hydrogens is 406 g/mol. The second-order valence-electron chi connectivity index (χ2n) is 8.05. The van der Waals surface area contributed by atoms with Crippen LogP contribution in [0.15, 0.2) is 30.9 Å². The zero-order chi connectivity index (χ0) is 23.1. The number of nitrogens with one attached hydrogen (secondary N) is 2. The van der Waals surface area contributed by atoms with Crippen molar-refractivity contribution in [3.8, 4) is 11.5 Å². The first kappa shape index (κ1) is 23.5. The molecule has 0 radical (unpaired) electrons. The van der Waals surface area contributed by atoms with Gasteiger partial charge >= 0.3 is 0 Å². The molecule has 0 spiro atoms. The molecule has 8 heteroatoms. The Morgan fingerprint density at radius 1 is 1.22 bits per heavy atom. The summed E-state index contributed by atoms with van der Waals surface area (Å²) in [4.78, 5) is 23.3. The Labute approximate surface area is 189 Å². The summed E-state index contributed by atoms with van der Waals surface area (Å²) >= 11 is 0. The average Bonchev–Trinajstić information content (AvgIpc) is 2.81. The van der Waals surface area contributed by atoms with E-state index in [1.54, 1.807) is 20.3 Å². The number of likely N-dealkylation sites (tertiary alicyclic amines) is 1. The molecule has 0 unspecified atom stereocenters. The minimum Gasteiger partial charge on any atom is -0.493 e. The third-order valence-corrected chi connectivity index (χ3v) is 5.67. The molecule has 0 bridgehead atoms. The zero-order valence-electron chi connectivity index (χ0n) is 19.4. The van der Waals surface area contributed by atoms with Crippen molar-refractivity contribution in [3.05, 3.63) is 36.7 Å². The summed E-state index contributed by atoms with van der Waals surface area (Å²) in [5.41, 5.74) is 0.759. The standard InChI is InChI=1S/C24H33N5O3/c1-6-23(30)25-11-7-8-22-27-19-15-21(32-5)20(31-4)14-18(19)24(28-22)26-17-9-12-29(13-10-17)16(2)3/h6-8,14-17H,1,9-13H2,2-5H3,(H,25,30)(H,26,27,28)/b8-7+. The Morgan fingerprint density at radius 3 is 2.53 bits per heavy atom. The number of benzene rings is 1. The fourth-order valence-electron chi connectivity index (χ4n) is 3.81. The summed E-state index contributed by atoms with van der Waals surface area (Å²) in [6, 6.07) is 4.67. The molecule has 2 N–H and O–H groups in total. The summed E-state index contributed by atoms with van der Waals surface area (Å²) in [6.07, 6.45) is 6.96. The molecule has 1 aromatic carbocycles. The molecule has 2 aromatic rings. The molecule has 1 saturated heterocycles. The van der Waals surface area contributed by atoms with E-state index in [1.165, 1.54) is 6.08 Å². The number of piperidine rings is 1. The highest BCUT2D eigenvalue weighted by atomic mass is 16.5. The summed E-state index contributed by atoms with van der Waals surface area (Å²) in [5.74, 6) is 2.36. The molecule has 1 amide bonds. The van der Waals surface area contributed by atoms with Crippen molar-refractivity contribution in [2.24, 2.45) is 0 Å². The van der Waals surface area contributed by atoms with Crippen LogP contribution in [0.1, 0.15) is 32.5 Å².